The van der Waals surface area contributed by atoms with Gasteiger partial charge in [0.2, 0.25) is 0 Å². The maximum atomic E-state index is 5.39. The Kier molecular flexibility index (Phi) is 7.26. The first kappa shape index (κ1) is 18.2. The van der Waals surface area contributed by atoms with Crippen molar-refractivity contribution in [1.29, 1.82) is 0 Å². The molecule has 6 nitrogen and oxygen atoms in total. The van der Waals surface area contributed by atoms with E-state index in [2.05, 4.69) is 46.3 Å². The third-order valence-corrected chi connectivity index (χ3v) is 5.07. The van der Waals surface area contributed by atoms with Crippen LogP contribution < -0.4 is 10.6 Å². The standard InChI is InChI=1S/C16H29N5OS/c1-12(11-21-5-7-22-8-6-21)9-18-16(17-4)19-10-15-20-13(2)14(3)23-15/h12H,5-11H2,1-4H3,(H2,17,18,19). The van der Waals surface area contributed by atoms with Gasteiger partial charge in [0.1, 0.15) is 5.01 Å². The van der Waals surface area contributed by atoms with Crippen LogP contribution in [0, 0.1) is 19.8 Å². The highest BCUT2D eigenvalue weighted by atomic mass is 32.1. The van der Waals surface area contributed by atoms with Gasteiger partial charge >= 0.3 is 0 Å². The molecule has 0 aromatic carbocycles. The van der Waals surface area contributed by atoms with E-state index in [4.69, 9.17) is 4.74 Å². The van der Waals surface area contributed by atoms with E-state index >= 15 is 0 Å². The summed E-state index contributed by atoms with van der Waals surface area (Å²) < 4.78 is 5.39. The van der Waals surface area contributed by atoms with Crippen LogP contribution in [0.2, 0.25) is 0 Å². The van der Waals surface area contributed by atoms with Gasteiger partial charge in [0, 0.05) is 38.1 Å². The van der Waals surface area contributed by atoms with E-state index in [9.17, 15) is 0 Å². The number of guanidine groups is 1. The summed E-state index contributed by atoms with van der Waals surface area (Å²) in [6.07, 6.45) is 0. The van der Waals surface area contributed by atoms with Crippen molar-refractivity contribution in [3.63, 3.8) is 0 Å². The van der Waals surface area contributed by atoms with Crippen molar-refractivity contribution in [1.82, 2.24) is 20.5 Å². The number of thiazole rings is 1. The molecule has 0 amide bonds. The number of aromatic nitrogens is 1. The monoisotopic (exact) mass is 339 g/mol. The second kappa shape index (κ2) is 9.20. The summed E-state index contributed by atoms with van der Waals surface area (Å²) in [6, 6.07) is 0. The average molecular weight is 340 g/mol. The first-order valence-electron chi connectivity index (χ1n) is 8.26. The number of nitrogens with zero attached hydrogens (tertiary/aromatic N) is 3. The third-order valence-electron chi connectivity index (χ3n) is 4.00. The molecule has 2 N–H and O–H groups in total. The highest BCUT2D eigenvalue weighted by Crippen LogP contribution is 2.15. The summed E-state index contributed by atoms with van der Waals surface area (Å²) in [4.78, 5) is 12.6. The molecule has 7 heteroatoms. The molecule has 0 aliphatic carbocycles. The fourth-order valence-corrected chi connectivity index (χ4v) is 3.43. The minimum Gasteiger partial charge on any atom is -0.379 e. The fraction of sp³-hybridized carbons (Fsp3) is 0.750. The van der Waals surface area contributed by atoms with Gasteiger partial charge in [-0.25, -0.2) is 4.98 Å². The van der Waals surface area contributed by atoms with Crippen molar-refractivity contribution in [3.05, 3.63) is 15.6 Å². The maximum Gasteiger partial charge on any atom is 0.191 e. The number of nitrogens with one attached hydrogen (secondary N) is 2. The minimum atomic E-state index is 0.566. The second-order valence-electron chi connectivity index (χ2n) is 6.07. The van der Waals surface area contributed by atoms with E-state index < -0.39 is 0 Å². The zero-order chi connectivity index (χ0) is 16.7. The molecular formula is C16H29N5OS. The quantitative estimate of drug-likeness (QED) is 0.606. The third kappa shape index (κ3) is 6.08. The van der Waals surface area contributed by atoms with Crippen molar-refractivity contribution in [3.8, 4) is 0 Å². The molecule has 1 aromatic rings. The van der Waals surface area contributed by atoms with Crippen LogP contribution >= 0.6 is 11.3 Å². The molecule has 130 valence electrons. The molecule has 2 heterocycles. The van der Waals surface area contributed by atoms with Gasteiger partial charge in [0.05, 0.1) is 25.5 Å². The lowest BCUT2D eigenvalue weighted by Crippen LogP contribution is -2.43. The Hall–Kier alpha value is -1.18. The van der Waals surface area contributed by atoms with Crippen LogP contribution in [-0.4, -0.2) is 62.3 Å². The minimum absolute atomic E-state index is 0.566. The lowest BCUT2D eigenvalue weighted by Gasteiger charge is -2.29. The predicted molar refractivity (Wildman–Crippen MR) is 96.2 cm³/mol. The van der Waals surface area contributed by atoms with Crippen molar-refractivity contribution >= 4 is 17.3 Å². The van der Waals surface area contributed by atoms with E-state index in [1.54, 1.807) is 18.4 Å². The smallest absolute Gasteiger partial charge is 0.191 e. The molecule has 0 saturated carbocycles. The first-order valence-corrected chi connectivity index (χ1v) is 9.07. The van der Waals surface area contributed by atoms with Crippen LogP contribution in [-0.2, 0) is 11.3 Å². The number of morpholine rings is 1. The number of aliphatic imine (C=N–C) groups is 1. The Bertz CT molecular complexity index is 491. The van der Waals surface area contributed by atoms with Crippen LogP contribution in [0.5, 0.6) is 0 Å². The lowest BCUT2D eigenvalue weighted by molar-refractivity contribution is 0.0320. The Morgan fingerprint density at radius 2 is 2.09 bits per heavy atom. The molecule has 1 fully saturated rings. The van der Waals surface area contributed by atoms with Crippen LogP contribution in [0.3, 0.4) is 0 Å². The summed E-state index contributed by atoms with van der Waals surface area (Å²) in [5.41, 5.74) is 1.12. The Morgan fingerprint density at radius 3 is 2.70 bits per heavy atom. The highest BCUT2D eigenvalue weighted by molar-refractivity contribution is 7.11. The van der Waals surface area contributed by atoms with E-state index in [-0.39, 0.29) is 0 Å². The van der Waals surface area contributed by atoms with E-state index in [1.807, 2.05) is 0 Å². The van der Waals surface area contributed by atoms with Crippen molar-refractivity contribution in [2.75, 3.05) is 46.4 Å². The van der Waals surface area contributed by atoms with Crippen LogP contribution in [0.1, 0.15) is 22.5 Å². The molecular weight excluding hydrogens is 310 g/mol. The molecule has 23 heavy (non-hydrogen) atoms. The largest absolute Gasteiger partial charge is 0.379 e. The summed E-state index contributed by atoms with van der Waals surface area (Å²) in [7, 11) is 1.81. The molecule has 1 aliphatic rings. The molecule has 0 bridgehead atoms. The zero-order valence-corrected chi connectivity index (χ0v) is 15.5. The van der Waals surface area contributed by atoms with Crippen molar-refractivity contribution in [2.24, 2.45) is 10.9 Å². The summed E-state index contributed by atoms with van der Waals surface area (Å²) in [5, 5.41) is 7.85. The van der Waals surface area contributed by atoms with Gasteiger partial charge in [0.25, 0.3) is 0 Å². The number of aryl methyl sites for hydroxylation is 2. The van der Waals surface area contributed by atoms with Crippen molar-refractivity contribution < 1.29 is 4.74 Å². The van der Waals surface area contributed by atoms with E-state index in [0.717, 1.165) is 62.6 Å². The zero-order valence-electron chi connectivity index (χ0n) is 14.7. The van der Waals surface area contributed by atoms with Crippen LogP contribution in [0.4, 0.5) is 0 Å². The molecule has 1 saturated heterocycles. The summed E-state index contributed by atoms with van der Waals surface area (Å²) >= 11 is 1.74. The number of hydrogen-bond donors (Lipinski definition) is 2. The van der Waals surface area contributed by atoms with Gasteiger partial charge < -0.3 is 15.4 Å². The number of rotatable bonds is 6. The van der Waals surface area contributed by atoms with Gasteiger partial charge in [-0.1, -0.05) is 6.92 Å². The normalized spacial score (nSPS) is 18.0. The molecule has 0 radical (unpaired) electrons. The van der Waals surface area contributed by atoms with Crippen LogP contribution in [0.15, 0.2) is 4.99 Å². The Labute approximate surface area is 143 Å². The lowest BCUT2D eigenvalue weighted by atomic mass is 10.1. The van der Waals surface area contributed by atoms with Gasteiger partial charge in [-0.15, -0.1) is 11.3 Å². The van der Waals surface area contributed by atoms with E-state index in [0.29, 0.717) is 5.92 Å². The molecule has 1 unspecified atom stereocenters. The summed E-state index contributed by atoms with van der Waals surface area (Å²) in [5.74, 6) is 1.40. The first-order chi connectivity index (χ1) is 11.1. The average Bonchev–Trinajstić information content (AvgIpc) is 2.87. The second-order valence-corrected chi connectivity index (χ2v) is 7.36. The summed E-state index contributed by atoms with van der Waals surface area (Å²) in [6.45, 7) is 12.9. The molecule has 1 atom stereocenters. The van der Waals surface area contributed by atoms with Gasteiger partial charge in [-0.05, 0) is 19.8 Å². The molecule has 0 spiro atoms. The highest BCUT2D eigenvalue weighted by Gasteiger charge is 2.14. The van der Waals surface area contributed by atoms with Gasteiger partial charge in [-0.2, -0.15) is 0 Å². The Morgan fingerprint density at radius 1 is 1.35 bits per heavy atom. The number of hydrogen-bond acceptors (Lipinski definition) is 5. The Balaban J connectivity index is 1.69. The number of ether oxygens (including phenoxy) is 1. The SMILES string of the molecule is CN=C(NCc1nc(C)c(C)s1)NCC(C)CN1CCOCC1. The molecule has 1 aliphatic heterocycles. The topological polar surface area (TPSA) is 61.8 Å². The van der Waals surface area contributed by atoms with Crippen LogP contribution in [0.25, 0.3) is 0 Å². The molecule has 1 aromatic heterocycles. The van der Waals surface area contributed by atoms with Gasteiger partial charge in [0.15, 0.2) is 5.96 Å². The molecule has 2 rings (SSSR count). The maximum absolute atomic E-state index is 5.39. The van der Waals surface area contributed by atoms with Gasteiger partial charge in [-0.3, -0.25) is 9.89 Å². The predicted octanol–water partition coefficient (Wildman–Crippen LogP) is 1.39. The van der Waals surface area contributed by atoms with E-state index in [1.165, 1.54) is 4.88 Å². The van der Waals surface area contributed by atoms with Crippen molar-refractivity contribution in [2.45, 2.75) is 27.3 Å². The fourth-order valence-electron chi connectivity index (χ4n) is 2.55.